The molecule has 0 fully saturated rings. The lowest BCUT2D eigenvalue weighted by Gasteiger charge is -2.39. The maximum Gasteiger partial charge on any atom is 0.410 e. The van der Waals surface area contributed by atoms with Crippen molar-refractivity contribution < 1.29 is 23.9 Å². The van der Waals surface area contributed by atoms with Crippen LogP contribution in [-0.4, -0.2) is 68.9 Å². The van der Waals surface area contributed by atoms with Gasteiger partial charge in [0.1, 0.15) is 16.9 Å². The van der Waals surface area contributed by atoms with Crippen LogP contribution < -0.4 is 0 Å². The highest BCUT2D eigenvalue weighted by Crippen LogP contribution is 2.42. The van der Waals surface area contributed by atoms with Gasteiger partial charge in [0, 0.05) is 57.1 Å². The van der Waals surface area contributed by atoms with Crippen molar-refractivity contribution in [3.8, 4) is 0 Å². The van der Waals surface area contributed by atoms with Crippen LogP contribution in [0.3, 0.4) is 0 Å². The number of benzene rings is 3. The van der Waals surface area contributed by atoms with Gasteiger partial charge in [0.15, 0.2) is 11.3 Å². The van der Waals surface area contributed by atoms with E-state index >= 15 is 0 Å². The fourth-order valence-corrected chi connectivity index (χ4v) is 6.66. The van der Waals surface area contributed by atoms with Crippen molar-refractivity contribution in [1.29, 1.82) is 0 Å². The molecule has 2 aliphatic heterocycles. The SMILES string of the molecule is CC1(CCOC(=O)[C@@H](CC(=O)CCN(CCC2(C)N=N2)C(=O)OC(C)(C)C)Cc2cncn2C(c2ccccc2)(c2ccccc2)c2ccccc2)N=N1. The smallest absolute Gasteiger partial charge is 0.410 e. The topological polar surface area (TPSA) is 140 Å². The number of carbonyl (C=O) groups is 3. The van der Waals surface area contributed by atoms with Crippen molar-refractivity contribution in [3.63, 3.8) is 0 Å². The second-order valence-electron chi connectivity index (χ2n) is 15.4. The van der Waals surface area contributed by atoms with Gasteiger partial charge in [-0.2, -0.15) is 20.5 Å². The minimum Gasteiger partial charge on any atom is -0.465 e. The maximum atomic E-state index is 13.9. The lowest BCUT2D eigenvalue weighted by atomic mass is 9.76. The molecule has 1 aromatic heterocycles. The van der Waals surface area contributed by atoms with Gasteiger partial charge in [-0.05, 0) is 51.3 Å². The Kier molecular flexibility index (Phi) is 11.2. The number of esters is 1. The summed E-state index contributed by atoms with van der Waals surface area (Å²) in [5, 5.41) is 16.2. The number of ketones is 1. The summed E-state index contributed by atoms with van der Waals surface area (Å²) in [5.74, 6) is -1.49. The standard InChI is InChI=1S/C42H49N7O5/c1-39(2,3)54-38(52)48(25-22-40(4)44-45-40)24-21-36(50)28-31(37(51)53-26-23-41(5)46-47-41)27-35-29-43-30-49(35)42(32-15-9-6-10-16-32,33-17-11-7-12-18-33)34-19-13-8-14-20-34/h6-20,29-31H,21-28H2,1-5H3/t31-/m1/s1. The summed E-state index contributed by atoms with van der Waals surface area (Å²) in [6, 6.07) is 30.6. The monoisotopic (exact) mass is 731 g/mol. The average molecular weight is 732 g/mol. The van der Waals surface area contributed by atoms with Crippen molar-refractivity contribution in [2.24, 2.45) is 26.4 Å². The van der Waals surface area contributed by atoms with Gasteiger partial charge in [0.05, 0.1) is 18.9 Å². The molecule has 2 aliphatic rings. The van der Waals surface area contributed by atoms with Crippen molar-refractivity contribution in [2.75, 3.05) is 19.7 Å². The number of rotatable bonds is 18. The summed E-state index contributed by atoms with van der Waals surface area (Å²) in [6.07, 6.45) is 4.14. The van der Waals surface area contributed by atoms with E-state index in [4.69, 9.17) is 9.47 Å². The summed E-state index contributed by atoms with van der Waals surface area (Å²) in [7, 11) is 0. The number of Topliss-reactive ketones (excluding diaryl/α,β-unsaturated/α-hetero) is 1. The second kappa shape index (κ2) is 15.8. The third-order valence-corrected chi connectivity index (χ3v) is 9.78. The largest absolute Gasteiger partial charge is 0.465 e. The number of nitrogens with zero attached hydrogens (tertiary/aromatic N) is 7. The van der Waals surface area contributed by atoms with E-state index in [9.17, 15) is 14.4 Å². The van der Waals surface area contributed by atoms with Gasteiger partial charge in [0.25, 0.3) is 0 Å². The van der Waals surface area contributed by atoms with E-state index in [0.717, 1.165) is 22.4 Å². The quantitative estimate of drug-likeness (QED) is 0.0747. The molecule has 0 unspecified atom stereocenters. The van der Waals surface area contributed by atoms with Crippen molar-refractivity contribution >= 4 is 17.8 Å². The molecule has 0 spiro atoms. The van der Waals surface area contributed by atoms with Gasteiger partial charge in [-0.1, -0.05) is 91.0 Å². The van der Waals surface area contributed by atoms with Crippen molar-refractivity contribution in [1.82, 2.24) is 14.5 Å². The molecule has 3 heterocycles. The molecular weight excluding hydrogens is 683 g/mol. The summed E-state index contributed by atoms with van der Waals surface area (Å²) >= 11 is 0. The second-order valence-corrected chi connectivity index (χ2v) is 15.4. The maximum absolute atomic E-state index is 13.9. The van der Waals surface area contributed by atoms with Gasteiger partial charge in [0.2, 0.25) is 0 Å². The number of ether oxygens (including phenoxy) is 2. The molecule has 282 valence electrons. The first-order valence-corrected chi connectivity index (χ1v) is 18.5. The summed E-state index contributed by atoms with van der Waals surface area (Å²) < 4.78 is 13.6. The zero-order valence-electron chi connectivity index (χ0n) is 31.7. The number of imidazole rings is 1. The Morgan fingerprint density at radius 2 is 1.28 bits per heavy atom. The summed E-state index contributed by atoms with van der Waals surface area (Å²) in [5.41, 5.74) is 1.15. The lowest BCUT2D eigenvalue weighted by Crippen LogP contribution is -2.40. The predicted molar refractivity (Wildman–Crippen MR) is 203 cm³/mol. The van der Waals surface area contributed by atoms with Crippen LogP contribution in [0.25, 0.3) is 0 Å². The molecule has 0 saturated heterocycles. The molecule has 12 heteroatoms. The van der Waals surface area contributed by atoms with Gasteiger partial charge < -0.3 is 18.9 Å². The molecule has 3 aromatic carbocycles. The van der Waals surface area contributed by atoms with E-state index in [1.807, 2.05) is 68.4 Å². The molecule has 0 N–H and O–H groups in total. The Labute approximate surface area is 316 Å². The number of hydrogen-bond acceptors (Lipinski definition) is 10. The molecule has 6 rings (SSSR count). The fourth-order valence-electron chi connectivity index (χ4n) is 6.66. The molecule has 0 aliphatic carbocycles. The van der Waals surface area contributed by atoms with E-state index in [1.165, 1.54) is 4.90 Å². The molecule has 0 radical (unpaired) electrons. The van der Waals surface area contributed by atoms with Crippen molar-refractivity contribution in [2.45, 2.75) is 89.2 Å². The van der Waals surface area contributed by atoms with Crippen LogP contribution >= 0.6 is 0 Å². The van der Waals surface area contributed by atoms with Gasteiger partial charge in [-0.3, -0.25) is 9.59 Å². The molecule has 1 atom stereocenters. The highest BCUT2D eigenvalue weighted by Gasteiger charge is 2.41. The minimum absolute atomic E-state index is 0.0328. The molecule has 54 heavy (non-hydrogen) atoms. The first kappa shape index (κ1) is 38.2. The predicted octanol–water partition coefficient (Wildman–Crippen LogP) is 8.16. The number of hydrogen-bond donors (Lipinski definition) is 0. The Morgan fingerprint density at radius 3 is 1.78 bits per heavy atom. The summed E-state index contributed by atoms with van der Waals surface area (Å²) in [6.45, 7) is 9.74. The van der Waals surface area contributed by atoms with E-state index in [-0.39, 0.29) is 38.2 Å². The number of carbonyl (C=O) groups excluding carboxylic acids is 3. The Morgan fingerprint density at radius 1 is 0.759 bits per heavy atom. The zero-order chi connectivity index (χ0) is 38.4. The third kappa shape index (κ3) is 9.34. The Hall–Kier alpha value is -5.52. The van der Waals surface area contributed by atoms with Gasteiger partial charge in [-0.25, -0.2) is 9.78 Å². The highest BCUT2D eigenvalue weighted by molar-refractivity contribution is 5.85. The minimum atomic E-state index is -0.859. The van der Waals surface area contributed by atoms with E-state index in [2.05, 4.69) is 66.4 Å². The molecule has 0 saturated carbocycles. The number of aromatic nitrogens is 2. The van der Waals surface area contributed by atoms with Crippen LogP contribution in [0.1, 0.15) is 82.7 Å². The Balaban J connectivity index is 1.29. The third-order valence-electron chi connectivity index (χ3n) is 9.78. The zero-order valence-corrected chi connectivity index (χ0v) is 31.7. The average Bonchev–Trinajstić information content (AvgIpc) is 4.03. The first-order valence-electron chi connectivity index (χ1n) is 18.5. The van der Waals surface area contributed by atoms with Crippen molar-refractivity contribution in [3.05, 3.63) is 126 Å². The van der Waals surface area contributed by atoms with Gasteiger partial charge in [-0.15, -0.1) is 0 Å². The van der Waals surface area contributed by atoms with Crippen LogP contribution in [0.5, 0.6) is 0 Å². The molecule has 4 aromatic rings. The van der Waals surface area contributed by atoms with Crippen LogP contribution in [0.15, 0.2) is 124 Å². The molecular formula is C42H49N7O5. The molecule has 1 amide bonds. The lowest BCUT2D eigenvalue weighted by molar-refractivity contribution is -0.150. The van der Waals surface area contributed by atoms with Crippen LogP contribution in [-0.2, 0) is 31.0 Å². The van der Waals surface area contributed by atoms with Crippen LogP contribution in [0.2, 0.25) is 0 Å². The fraction of sp³-hybridized carbons (Fsp3) is 0.429. The highest BCUT2D eigenvalue weighted by atomic mass is 16.6. The van der Waals surface area contributed by atoms with E-state index in [1.54, 1.807) is 33.3 Å². The molecule has 0 bridgehead atoms. The van der Waals surface area contributed by atoms with E-state index in [0.29, 0.717) is 19.4 Å². The Bertz CT molecular complexity index is 1860. The number of amides is 1. The first-order chi connectivity index (χ1) is 25.8. The van der Waals surface area contributed by atoms with Gasteiger partial charge >= 0.3 is 12.1 Å². The normalized spacial score (nSPS) is 15.6. The summed E-state index contributed by atoms with van der Waals surface area (Å²) in [4.78, 5) is 47.1. The molecule has 12 nitrogen and oxygen atoms in total. The van der Waals surface area contributed by atoms with Crippen LogP contribution in [0.4, 0.5) is 4.79 Å². The van der Waals surface area contributed by atoms with Crippen LogP contribution in [0, 0.1) is 5.92 Å². The van der Waals surface area contributed by atoms with E-state index < -0.39 is 40.4 Å².